The van der Waals surface area contributed by atoms with E-state index in [9.17, 15) is 14.9 Å². The molecule has 2 aromatic carbocycles. The van der Waals surface area contributed by atoms with Crippen molar-refractivity contribution < 1.29 is 19.1 Å². The number of carbonyl (C=O) groups excluding carboxylic acids is 2. The highest BCUT2D eigenvalue weighted by Gasteiger charge is 2.19. The van der Waals surface area contributed by atoms with E-state index in [0.29, 0.717) is 12.4 Å². The van der Waals surface area contributed by atoms with Gasteiger partial charge in [0.25, 0.3) is 11.8 Å². The van der Waals surface area contributed by atoms with Crippen LogP contribution in [0.1, 0.15) is 36.8 Å². The van der Waals surface area contributed by atoms with E-state index in [2.05, 4.69) is 15.4 Å². The number of methoxy groups -OCH3 is 1. The minimum atomic E-state index is -0.868. The van der Waals surface area contributed by atoms with Gasteiger partial charge in [-0.15, -0.1) is 0 Å². The fourth-order valence-electron chi connectivity index (χ4n) is 4.03. The first-order valence-electron chi connectivity index (χ1n) is 11.3. The number of fused-ring (bicyclic) bond motifs is 1. The van der Waals surface area contributed by atoms with E-state index in [4.69, 9.17) is 9.47 Å². The van der Waals surface area contributed by atoms with Crippen LogP contribution in [0.15, 0.2) is 54.1 Å². The van der Waals surface area contributed by atoms with E-state index in [1.54, 1.807) is 20.1 Å². The number of nitrogens with zero attached hydrogens (tertiary/aromatic N) is 2. The van der Waals surface area contributed by atoms with Gasteiger partial charge < -0.3 is 14.0 Å². The molecule has 2 atom stereocenters. The zero-order valence-corrected chi connectivity index (χ0v) is 20.6. The Morgan fingerprint density at radius 2 is 1.80 bits per heavy atom. The number of amides is 2. The van der Waals surface area contributed by atoms with Gasteiger partial charge >= 0.3 is 0 Å². The summed E-state index contributed by atoms with van der Waals surface area (Å²) in [5, 5.41) is 11.6. The third-order valence-corrected chi connectivity index (χ3v) is 5.74. The smallest absolute Gasteiger partial charge is 0.280 e. The van der Waals surface area contributed by atoms with Gasteiger partial charge in [-0.3, -0.25) is 20.4 Å². The molecule has 0 spiro atoms. The van der Waals surface area contributed by atoms with Crippen molar-refractivity contribution in [1.82, 2.24) is 15.4 Å². The van der Waals surface area contributed by atoms with Crippen molar-refractivity contribution in [2.24, 2.45) is 0 Å². The van der Waals surface area contributed by atoms with Gasteiger partial charge in [-0.25, -0.2) is 0 Å². The van der Waals surface area contributed by atoms with Crippen molar-refractivity contribution in [3.63, 3.8) is 0 Å². The van der Waals surface area contributed by atoms with Crippen LogP contribution >= 0.6 is 0 Å². The molecule has 0 bridgehead atoms. The summed E-state index contributed by atoms with van der Waals surface area (Å²) in [6.07, 6.45) is 0.640. The highest BCUT2D eigenvalue weighted by molar-refractivity contribution is 6.02. The lowest BCUT2D eigenvalue weighted by Gasteiger charge is -2.17. The zero-order chi connectivity index (χ0) is 25.5. The van der Waals surface area contributed by atoms with Crippen LogP contribution in [0.3, 0.4) is 0 Å². The summed E-state index contributed by atoms with van der Waals surface area (Å²) in [6, 6.07) is 17.3. The molecule has 0 saturated heterocycles. The average molecular weight is 475 g/mol. The summed E-state index contributed by atoms with van der Waals surface area (Å²) in [5.41, 5.74) is 7.14. The van der Waals surface area contributed by atoms with Gasteiger partial charge in [0.2, 0.25) is 0 Å². The number of hydrogen-bond donors (Lipinski definition) is 2. The van der Waals surface area contributed by atoms with Crippen LogP contribution in [0.2, 0.25) is 0 Å². The molecule has 8 nitrogen and oxygen atoms in total. The topological polar surface area (TPSA) is 105 Å². The molecule has 0 radical (unpaired) electrons. The average Bonchev–Trinajstić information content (AvgIpc) is 3.13. The molecule has 1 heterocycles. The third-order valence-electron chi connectivity index (χ3n) is 5.74. The molecule has 0 aliphatic heterocycles. The van der Waals surface area contributed by atoms with Crippen LogP contribution in [0.25, 0.3) is 16.8 Å². The molecular weight excluding hydrogens is 444 g/mol. The first-order chi connectivity index (χ1) is 16.7. The second kappa shape index (κ2) is 11.4. The number of nitrogens with one attached hydrogen (secondary N) is 2. The van der Waals surface area contributed by atoms with Crippen molar-refractivity contribution in [3.8, 4) is 11.8 Å². The minimum absolute atomic E-state index is 0.102. The van der Waals surface area contributed by atoms with Gasteiger partial charge in [0.15, 0.2) is 6.10 Å². The Hall–Kier alpha value is -4.09. The Kier molecular flexibility index (Phi) is 8.29. The predicted molar refractivity (Wildman–Crippen MR) is 134 cm³/mol. The summed E-state index contributed by atoms with van der Waals surface area (Å²) in [6.45, 7) is 8.03. The predicted octanol–water partition coefficient (Wildman–Crippen LogP) is 3.99. The number of nitriles is 1. The molecule has 3 aromatic rings. The van der Waals surface area contributed by atoms with E-state index in [-0.39, 0.29) is 11.6 Å². The summed E-state index contributed by atoms with van der Waals surface area (Å²) in [5.74, 6) is -0.725. The van der Waals surface area contributed by atoms with Crippen LogP contribution in [-0.4, -0.2) is 36.2 Å². The number of aryl methyl sites for hydroxylation is 1. The Bertz CT molecular complexity index is 1300. The molecule has 0 saturated carbocycles. The summed E-state index contributed by atoms with van der Waals surface area (Å²) in [4.78, 5) is 25.0. The lowest BCUT2D eigenvalue weighted by molar-refractivity contribution is -0.131. The minimum Gasteiger partial charge on any atom is -0.481 e. The summed E-state index contributed by atoms with van der Waals surface area (Å²) < 4.78 is 13.1. The van der Waals surface area contributed by atoms with Crippen LogP contribution in [0, 0.1) is 25.2 Å². The fraction of sp³-hybridized carbons (Fsp3) is 0.296. The van der Waals surface area contributed by atoms with Crippen LogP contribution in [0.5, 0.6) is 5.75 Å². The fourth-order valence-corrected chi connectivity index (χ4v) is 4.03. The Labute approximate surface area is 205 Å². The number of hydrogen-bond acceptors (Lipinski definition) is 5. The van der Waals surface area contributed by atoms with Gasteiger partial charge in [0.05, 0.1) is 12.6 Å². The van der Waals surface area contributed by atoms with E-state index >= 15 is 0 Å². The summed E-state index contributed by atoms with van der Waals surface area (Å²) in [7, 11) is 1.64. The standard InChI is InChI=1S/C27H30N4O4/c1-17-12-23(19(3)31(17)18(2)16-34-5)13-24(15-28)27(33)30-29-26(32)20(4)35-25-11-10-21-8-6-7-9-22(21)14-25/h6-14,18,20H,16H2,1-5H3,(H,29,32)(H,30,33)/b24-13-. The van der Waals surface area contributed by atoms with Gasteiger partial charge in [-0.2, -0.15) is 5.26 Å². The molecule has 3 rings (SSSR count). The first-order valence-corrected chi connectivity index (χ1v) is 11.3. The van der Waals surface area contributed by atoms with Crippen molar-refractivity contribution in [2.75, 3.05) is 13.7 Å². The van der Waals surface area contributed by atoms with Gasteiger partial charge in [-0.05, 0) is 68.3 Å². The maximum absolute atomic E-state index is 12.6. The molecule has 0 fully saturated rings. The highest BCUT2D eigenvalue weighted by atomic mass is 16.5. The number of hydrazine groups is 1. The number of rotatable bonds is 8. The molecule has 2 unspecified atom stereocenters. The molecule has 2 N–H and O–H groups in total. The second-order valence-corrected chi connectivity index (χ2v) is 8.38. The molecular formula is C27H30N4O4. The van der Waals surface area contributed by atoms with Crippen LogP contribution < -0.4 is 15.6 Å². The maximum Gasteiger partial charge on any atom is 0.280 e. The van der Waals surface area contributed by atoms with Gasteiger partial charge in [0, 0.05) is 18.5 Å². The van der Waals surface area contributed by atoms with E-state index in [1.807, 2.05) is 69.3 Å². The molecule has 0 aliphatic carbocycles. The van der Waals surface area contributed by atoms with E-state index in [1.165, 1.54) is 6.08 Å². The number of benzene rings is 2. The quantitative estimate of drug-likeness (QED) is 0.292. The van der Waals surface area contributed by atoms with E-state index < -0.39 is 17.9 Å². The second-order valence-electron chi connectivity index (χ2n) is 8.38. The van der Waals surface area contributed by atoms with Crippen molar-refractivity contribution in [1.29, 1.82) is 5.26 Å². The van der Waals surface area contributed by atoms with E-state index in [0.717, 1.165) is 27.7 Å². The van der Waals surface area contributed by atoms with Gasteiger partial charge in [0.1, 0.15) is 17.4 Å². The molecule has 35 heavy (non-hydrogen) atoms. The lowest BCUT2D eigenvalue weighted by Crippen LogP contribution is -2.47. The molecule has 1 aromatic heterocycles. The van der Waals surface area contributed by atoms with Gasteiger partial charge in [-0.1, -0.05) is 30.3 Å². The molecule has 0 aliphatic rings. The normalized spacial score (nSPS) is 13.1. The van der Waals surface area contributed by atoms with Crippen LogP contribution in [0.4, 0.5) is 0 Å². The number of aromatic nitrogens is 1. The summed E-state index contributed by atoms with van der Waals surface area (Å²) >= 11 is 0. The number of carbonyl (C=O) groups is 2. The SMILES string of the molecule is COCC(C)n1c(C)cc(/C=C(/C#N)C(=O)NNC(=O)C(C)Oc2ccc3ccccc3c2)c1C. The third kappa shape index (κ3) is 6.08. The maximum atomic E-state index is 12.6. The zero-order valence-electron chi connectivity index (χ0n) is 20.6. The molecule has 182 valence electrons. The molecule has 8 heteroatoms. The largest absolute Gasteiger partial charge is 0.481 e. The Balaban J connectivity index is 1.64. The van der Waals surface area contributed by atoms with Crippen molar-refractivity contribution >= 4 is 28.7 Å². The molecule has 2 amide bonds. The number of ether oxygens (including phenoxy) is 2. The monoisotopic (exact) mass is 474 g/mol. The lowest BCUT2D eigenvalue weighted by atomic mass is 10.1. The Morgan fingerprint density at radius 3 is 2.49 bits per heavy atom. The first kappa shape index (κ1) is 25.5. The van der Waals surface area contributed by atoms with Crippen molar-refractivity contribution in [2.45, 2.75) is 39.8 Å². The Morgan fingerprint density at radius 1 is 1.09 bits per heavy atom. The highest BCUT2D eigenvalue weighted by Crippen LogP contribution is 2.23. The van der Waals surface area contributed by atoms with Crippen molar-refractivity contribution in [3.05, 3.63) is 71.1 Å². The van der Waals surface area contributed by atoms with Crippen LogP contribution in [-0.2, 0) is 14.3 Å².